The SMILES string of the molecule is Cc1cc(C(=O)NCCOCCNC(=O)c2cc(C)n(-c3cccc(S(=O)(=O)Nc4ccc(O)cc4)c3)c2C)c(C)n1-c1cccc(S(=O)(=O)Nc2ccc(O)cc2)c1. The molecule has 0 saturated carbocycles. The van der Waals surface area contributed by atoms with E-state index in [0.717, 1.165) is 11.4 Å². The minimum absolute atomic E-state index is 0.0137. The van der Waals surface area contributed by atoms with Gasteiger partial charge in [-0.05, 0) is 125 Å². The standard InChI is InChI=1S/C42H44N6O9S2/c1-27-23-39(29(3)47(27)33-7-5-9-37(25-33)58(53,54)45-31-11-15-35(49)16-12-31)41(51)43-19-21-57-22-20-44-42(52)40-24-28(2)48(30(40)4)34-8-6-10-38(26-34)59(55,56)46-32-13-17-36(50)18-14-32/h5-18,23-26,45-46,49-50H,19-22H2,1-4H3,(H,43,51)(H,44,52). The van der Waals surface area contributed by atoms with Crippen molar-refractivity contribution in [2.45, 2.75) is 37.5 Å². The molecule has 0 saturated heterocycles. The molecule has 0 aliphatic carbocycles. The predicted molar refractivity (Wildman–Crippen MR) is 224 cm³/mol. The lowest BCUT2D eigenvalue weighted by molar-refractivity contribution is 0.0892. The Morgan fingerprint density at radius 2 is 0.932 bits per heavy atom. The molecule has 17 heteroatoms. The van der Waals surface area contributed by atoms with Crippen molar-refractivity contribution in [1.82, 2.24) is 19.8 Å². The van der Waals surface area contributed by atoms with Crippen molar-refractivity contribution in [3.8, 4) is 22.9 Å². The number of rotatable bonds is 16. The summed E-state index contributed by atoms with van der Waals surface area (Å²) in [4.78, 5) is 26.4. The van der Waals surface area contributed by atoms with E-state index >= 15 is 0 Å². The van der Waals surface area contributed by atoms with Crippen LogP contribution in [0.4, 0.5) is 11.4 Å². The van der Waals surface area contributed by atoms with Crippen molar-refractivity contribution < 1.29 is 41.4 Å². The number of hydrogen-bond donors (Lipinski definition) is 6. The molecule has 0 unspecified atom stereocenters. The van der Waals surface area contributed by atoms with E-state index in [1.54, 1.807) is 59.4 Å². The van der Waals surface area contributed by atoms with Crippen LogP contribution in [0, 0.1) is 27.7 Å². The highest BCUT2D eigenvalue weighted by Crippen LogP contribution is 2.27. The van der Waals surface area contributed by atoms with Gasteiger partial charge in [0.2, 0.25) is 0 Å². The van der Waals surface area contributed by atoms with Crippen molar-refractivity contribution in [3.63, 3.8) is 0 Å². The first-order valence-corrected chi connectivity index (χ1v) is 21.4. The van der Waals surface area contributed by atoms with E-state index in [-0.39, 0.29) is 59.4 Å². The normalized spacial score (nSPS) is 11.6. The van der Waals surface area contributed by atoms with Gasteiger partial charge in [0.15, 0.2) is 0 Å². The van der Waals surface area contributed by atoms with Crippen LogP contribution >= 0.6 is 0 Å². The predicted octanol–water partition coefficient (Wildman–Crippen LogP) is 5.69. The lowest BCUT2D eigenvalue weighted by atomic mass is 10.2. The van der Waals surface area contributed by atoms with Gasteiger partial charge in [-0.1, -0.05) is 12.1 Å². The summed E-state index contributed by atoms with van der Waals surface area (Å²) < 4.78 is 66.7. The second-order valence-electron chi connectivity index (χ2n) is 13.7. The van der Waals surface area contributed by atoms with Gasteiger partial charge < -0.3 is 34.7 Å². The maximum Gasteiger partial charge on any atom is 0.261 e. The Labute approximate surface area is 342 Å². The summed E-state index contributed by atoms with van der Waals surface area (Å²) in [7, 11) is -7.89. The van der Waals surface area contributed by atoms with Gasteiger partial charge in [-0.2, -0.15) is 0 Å². The average molecular weight is 841 g/mol. The number of ether oxygens (including phenoxy) is 1. The van der Waals surface area contributed by atoms with E-state index in [1.807, 2.05) is 13.8 Å². The number of aromatic hydroxyl groups is 2. The topological polar surface area (TPSA) is 210 Å². The average Bonchev–Trinajstić information content (AvgIpc) is 3.68. The van der Waals surface area contributed by atoms with Gasteiger partial charge in [-0.3, -0.25) is 19.0 Å². The molecular formula is C42H44N6O9S2. The Bertz CT molecular complexity index is 2540. The zero-order valence-corrected chi connectivity index (χ0v) is 34.3. The molecule has 0 aliphatic heterocycles. The summed E-state index contributed by atoms with van der Waals surface area (Å²) in [6.45, 7) is 7.95. The van der Waals surface area contributed by atoms with Gasteiger partial charge in [0.05, 0.1) is 34.1 Å². The Balaban J connectivity index is 0.989. The Kier molecular flexibility index (Phi) is 12.5. The molecule has 6 rings (SSSR count). The van der Waals surface area contributed by atoms with Gasteiger partial charge >= 0.3 is 0 Å². The summed E-state index contributed by atoms with van der Waals surface area (Å²) in [5.74, 6) is -0.628. The van der Waals surface area contributed by atoms with Gasteiger partial charge in [0, 0.05) is 58.6 Å². The van der Waals surface area contributed by atoms with E-state index in [0.29, 0.717) is 45.3 Å². The van der Waals surface area contributed by atoms with E-state index in [9.17, 15) is 36.6 Å². The molecule has 0 aliphatic rings. The number of hydrogen-bond acceptors (Lipinski definition) is 9. The van der Waals surface area contributed by atoms with Crippen LogP contribution in [0.15, 0.2) is 119 Å². The number of nitrogens with one attached hydrogen (secondary N) is 4. The maximum atomic E-state index is 13.2. The summed E-state index contributed by atoms with van der Waals surface area (Å²) in [5, 5.41) is 24.7. The van der Waals surface area contributed by atoms with Crippen molar-refractivity contribution in [1.29, 1.82) is 0 Å². The molecule has 0 fully saturated rings. The smallest absolute Gasteiger partial charge is 0.261 e. The molecule has 6 aromatic rings. The van der Waals surface area contributed by atoms with Crippen molar-refractivity contribution in [2.24, 2.45) is 0 Å². The third-order valence-electron chi connectivity index (χ3n) is 9.43. The second-order valence-corrected chi connectivity index (χ2v) is 17.0. The minimum atomic E-state index is -3.95. The molecule has 2 heterocycles. The zero-order valence-electron chi connectivity index (χ0n) is 32.7. The Morgan fingerprint density at radius 1 is 0.559 bits per heavy atom. The number of nitrogens with zero attached hydrogens (tertiary/aromatic N) is 2. The number of anilines is 2. The number of phenolic OH excluding ortho intramolecular Hbond substituents is 2. The second kappa shape index (κ2) is 17.5. The molecule has 308 valence electrons. The highest BCUT2D eigenvalue weighted by atomic mass is 32.2. The molecule has 0 radical (unpaired) electrons. The molecule has 0 bridgehead atoms. The third-order valence-corrected chi connectivity index (χ3v) is 12.2. The molecule has 2 aromatic heterocycles. The number of carbonyl (C=O) groups is 2. The third kappa shape index (κ3) is 9.77. The van der Waals surface area contributed by atoms with Crippen LogP contribution in [0.3, 0.4) is 0 Å². The first-order chi connectivity index (χ1) is 28.0. The summed E-state index contributed by atoms with van der Waals surface area (Å²) in [6.07, 6.45) is 0. The molecule has 59 heavy (non-hydrogen) atoms. The Morgan fingerprint density at radius 3 is 1.31 bits per heavy atom. The van der Waals surface area contributed by atoms with Crippen LogP contribution in [0.5, 0.6) is 11.5 Å². The number of aryl methyl sites for hydroxylation is 2. The minimum Gasteiger partial charge on any atom is -0.508 e. The van der Waals surface area contributed by atoms with Crippen LogP contribution in [0.2, 0.25) is 0 Å². The van der Waals surface area contributed by atoms with E-state index in [2.05, 4.69) is 20.1 Å². The number of carbonyl (C=O) groups excluding carboxylic acids is 2. The van der Waals surface area contributed by atoms with E-state index < -0.39 is 20.0 Å². The summed E-state index contributed by atoms with van der Waals surface area (Å²) in [5.41, 5.74) is 5.22. The monoisotopic (exact) mass is 840 g/mol. The lowest BCUT2D eigenvalue weighted by Gasteiger charge is -2.13. The van der Waals surface area contributed by atoms with Crippen LogP contribution in [-0.2, 0) is 24.8 Å². The maximum absolute atomic E-state index is 13.2. The van der Waals surface area contributed by atoms with E-state index in [1.165, 1.54) is 72.8 Å². The van der Waals surface area contributed by atoms with Crippen LogP contribution in [0.1, 0.15) is 43.5 Å². The van der Waals surface area contributed by atoms with Gasteiger partial charge in [0.25, 0.3) is 31.9 Å². The molecule has 0 spiro atoms. The molecule has 6 N–H and O–H groups in total. The van der Waals surface area contributed by atoms with Gasteiger partial charge in [0.1, 0.15) is 11.5 Å². The fourth-order valence-electron chi connectivity index (χ4n) is 6.61. The van der Waals surface area contributed by atoms with E-state index in [4.69, 9.17) is 4.74 Å². The summed E-state index contributed by atoms with van der Waals surface area (Å²) >= 11 is 0. The number of aromatic nitrogens is 2. The first kappa shape index (κ1) is 42.1. The Hall–Kier alpha value is -6.56. The lowest BCUT2D eigenvalue weighted by Crippen LogP contribution is -2.30. The molecule has 15 nitrogen and oxygen atoms in total. The van der Waals surface area contributed by atoms with Crippen LogP contribution in [0.25, 0.3) is 11.4 Å². The molecule has 4 aromatic carbocycles. The first-order valence-electron chi connectivity index (χ1n) is 18.4. The largest absolute Gasteiger partial charge is 0.508 e. The zero-order chi connectivity index (χ0) is 42.5. The number of phenols is 2. The van der Waals surface area contributed by atoms with Gasteiger partial charge in [-0.25, -0.2) is 16.8 Å². The van der Waals surface area contributed by atoms with Crippen LogP contribution < -0.4 is 20.1 Å². The molecule has 2 amide bonds. The fourth-order valence-corrected chi connectivity index (χ4v) is 8.81. The highest BCUT2D eigenvalue weighted by molar-refractivity contribution is 7.93. The molecule has 0 atom stereocenters. The highest BCUT2D eigenvalue weighted by Gasteiger charge is 2.21. The van der Waals surface area contributed by atoms with Crippen molar-refractivity contribution in [3.05, 3.63) is 143 Å². The van der Waals surface area contributed by atoms with Crippen molar-refractivity contribution in [2.75, 3.05) is 35.7 Å². The molecular weight excluding hydrogens is 797 g/mol. The van der Waals surface area contributed by atoms with Crippen LogP contribution in [-0.4, -0.2) is 74.3 Å². The van der Waals surface area contributed by atoms with Gasteiger partial charge in [-0.15, -0.1) is 0 Å². The number of benzene rings is 4. The number of sulfonamides is 2. The summed E-state index contributed by atoms with van der Waals surface area (Å²) in [6, 6.07) is 27.5. The number of amides is 2. The van der Waals surface area contributed by atoms with Crippen molar-refractivity contribution >= 4 is 43.2 Å². The quantitative estimate of drug-likeness (QED) is 0.0522. The fraction of sp³-hybridized carbons (Fsp3) is 0.190.